The Balaban J connectivity index is 1.56. The fourth-order valence-electron chi connectivity index (χ4n) is 2.33. The van der Waals surface area contributed by atoms with E-state index in [1.807, 2.05) is 24.3 Å². The van der Waals surface area contributed by atoms with Gasteiger partial charge in [0.25, 0.3) is 0 Å². The number of morpholine rings is 1. The number of imidazole rings is 1. The Kier molecular flexibility index (Phi) is 4.28. The summed E-state index contributed by atoms with van der Waals surface area (Å²) in [4.78, 5) is 19.0. The van der Waals surface area contributed by atoms with E-state index in [1.54, 1.807) is 12.5 Å². The number of ether oxygens (including phenoxy) is 1. The van der Waals surface area contributed by atoms with Crippen molar-refractivity contribution in [3.05, 3.63) is 36.8 Å². The number of carbonyl (C=O) groups is 1. The topological polar surface area (TPSA) is 79.0 Å². The monoisotopic (exact) mass is 286 g/mol. The lowest BCUT2D eigenvalue weighted by Crippen LogP contribution is -2.43. The minimum atomic E-state index is -0.00714. The summed E-state index contributed by atoms with van der Waals surface area (Å²) in [5.74, 6) is -0.00714. The van der Waals surface area contributed by atoms with Crippen molar-refractivity contribution >= 4 is 11.6 Å². The highest BCUT2D eigenvalue weighted by Crippen LogP contribution is 2.18. The van der Waals surface area contributed by atoms with Crippen LogP contribution in [0.2, 0.25) is 0 Å². The Bertz CT molecular complexity index is 574. The van der Waals surface area contributed by atoms with Gasteiger partial charge in [-0.15, -0.1) is 0 Å². The lowest BCUT2D eigenvalue weighted by atomic mass is 10.1. The fraction of sp³-hybridized carbons (Fsp3) is 0.333. The number of nitrogens with one attached hydrogen (secondary N) is 3. The van der Waals surface area contributed by atoms with Gasteiger partial charge in [0.2, 0.25) is 5.91 Å². The van der Waals surface area contributed by atoms with Crippen molar-refractivity contribution in [3.8, 4) is 11.3 Å². The minimum Gasteiger partial charge on any atom is -0.378 e. The van der Waals surface area contributed by atoms with Crippen molar-refractivity contribution in [3.63, 3.8) is 0 Å². The van der Waals surface area contributed by atoms with E-state index in [2.05, 4.69) is 20.6 Å². The van der Waals surface area contributed by atoms with Gasteiger partial charge in [-0.25, -0.2) is 4.98 Å². The molecule has 1 aromatic heterocycles. The van der Waals surface area contributed by atoms with Gasteiger partial charge in [0.1, 0.15) is 0 Å². The summed E-state index contributed by atoms with van der Waals surface area (Å²) in [6, 6.07) is 7.77. The van der Waals surface area contributed by atoms with Gasteiger partial charge in [-0.3, -0.25) is 4.79 Å². The molecule has 3 rings (SSSR count). The number of benzene rings is 1. The first kappa shape index (κ1) is 13.8. The molecule has 0 spiro atoms. The number of aromatic amines is 1. The summed E-state index contributed by atoms with van der Waals surface area (Å²) in [5, 5.41) is 6.17. The van der Waals surface area contributed by atoms with E-state index in [0.29, 0.717) is 19.6 Å². The molecule has 6 heteroatoms. The lowest BCUT2D eigenvalue weighted by Gasteiger charge is -2.23. The number of hydrogen-bond acceptors (Lipinski definition) is 4. The Labute approximate surface area is 122 Å². The molecule has 0 bridgehead atoms. The van der Waals surface area contributed by atoms with Crippen LogP contribution in [-0.2, 0) is 9.53 Å². The van der Waals surface area contributed by atoms with E-state index >= 15 is 0 Å². The highest BCUT2D eigenvalue weighted by atomic mass is 16.5. The van der Waals surface area contributed by atoms with E-state index in [4.69, 9.17) is 4.74 Å². The number of H-pyrrole nitrogens is 1. The molecular formula is C15H18N4O2. The van der Waals surface area contributed by atoms with Crippen molar-refractivity contribution in [1.29, 1.82) is 0 Å². The second kappa shape index (κ2) is 6.51. The van der Waals surface area contributed by atoms with Crippen LogP contribution in [0.4, 0.5) is 5.69 Å². The maximum Gasteiger partial charge on any atom is 0.226 e. The van der Waals surface area contributed by atoms with Gasteiger partial charge in [-0.2, -0.15) is 0 Å². The largest absolute Gasteiger partial charge is 0.378 e. The van der Waals surface area contributed by atoms with Gasteiger partial charge in [0.05, 0.1) is 31.4 Å². The minimum absolute atomic E-state index is 0.00714. The fourth-order valence-corrected chi connectivity index (χ4v) is 2.33. The third kappa shape index (κ3) is 3.68. The van der Waals surface area contributed by atoms with Gasteiger partial charge in [-0.05, 0) is 17.7 Å². The number of rotatable bonds is 4. The highest BCUT2D eigenvalue weighted by molar-refractivity contribution is 5.91. The predicted octanol–water partition coefficient (Wildman–Crippen LogP) is 1.39. The van der Waals surface area contributed by atoms with Crippen LogP contribution in [0, 0.1) is 0 Å². The Morgan fingerprint density at radius 2 is 2.24 bits per heavy atom. The zero-order chi connectivity index (χ0) is 14.5. The molecule has 21 heavy (non-hydrogen) atoms. The molecule has 1 amide bonds. The number of hydrogen-bond donors (Lipinski definition) is 3. The average molecular weight is 286 g/mol. The van der Waals surface area contributed by atoms with Crippen molar-refractivity contribution in [1.82, 2.24) is 15.3 Å². The first-order valence-corrected chi connectivity index (χ1v) is 7.01. The molecule has 1 saturated heterocycles. The second-order valence-corrected chi connectivity index (χ2v) is 5.02. The van der Waals surface area contributed by atoms with Gasteiger partial charge < -0.3 is 20.4 Å². The third-order valence-corrected chi connectivity index (χ3v) is 3.41. The van der Waals surface area contributed by atoms with Crippen molar-refractivity contribution < 1.29 is 9.53 Å². The van der Waals surface area contributed by atoms with E-state index in [0.717, 1.165) is 23.5 Å². The molecule has 1 aliphatic rings. The van der Waals surface area contributed by atoms with Crippen LogP contribution in [0.1, 0.15) is 6.42 Å². The maximum atomic E-state index is 12.0. The van der Waals surface area contributed by atoms with Crippen LogP contribution in [0.25, 0.3) is 11.3 Å². The van der Waals surface area contributed by atoms with E-state index in [9.17, 15) is 4.79 Å². The standard InChI is InChI=1S/C15H18N4O2/c20-15(7-13-9-21-6-5-17-13)19-12-3-1-11(2-4-12)14-8-16-10-18-14/h1-4,8,10,13,17H,5-7,9H2,(H,16,18)(H,19,20). The molecule has 6 nitrogen and oxygen atoms in total. The van der Waals surface area contributed by atoms with Crippen molar-refractivity contribution in [2.45, 2.75) is 12.5 Å². The molecule has 110 valence electrons. The van der Waals surface area contributed by atoms with E-state index < -0.39 is 0 Å². The van der Waals surface area contributed by atoms with Crippen LogP contribution >= 0.6 is 0 Å². The molecule has 2 aromatic rings. The van der Waals surface area contributed by atoms with Crippen LogP contribution in [0.5, 0.6) is 0 Å². The van der Waals surface area contributed by atoms with Crippen LogP contribution in [-0.4, -0.2) is 41.7 Å². The van der Waals surface area contributed by atoms with Gasteiger partial charge in [-0.1, -0.05) is 12.1 Å². The molecule has 1 atom stereocenters. The lowest BCUT2D eigenvalue weighted by molar-refractivity contribution is -0.117. The average Bonchev–Trinajstić information content (AvgIpc) is 3.03. The zero-order valence-corrected chi connectivity index (χ0v) is 11.6. The Hall–Kier alpha value is -2.18. The molecule has 1 fully saturated rings. The van der Waals surface area contributed by atoms with Crippen molar-refractivity contribution in [2.24, 2.45) is 0 Å². The molecule has 2 heterocycles. The number of nitrogens with zero attached hydrogens (tertiary/aromatic N) is 1. The summed E-state index contributed by atoms with van der Waals surface area (Å²) in [6.07, 6.45) is 3.83. The first-order valence-electron chi connectivity index (χ1n) is 7.01. The molecule has 3 N–H and O–H groups in total. The number of aromatic nitrogens is 2. The molecule has 1 aromatic carbocycles. The van der Waals surface area contributed by atoms with E-state index in [-0.39, 0.29) is 11.9 Å². The molecule has 1 aliphatic heterocycles. The SMILES string of the molecule is O=C(CC1COCCN1)Nc1ccc(-c2cnc[nH]2)cc1. The number of amides is 1. The molecule has 0 radical (unpaired) electrons. The normalized spacial score (nSPS) is 18.4. The van der Waals surface area contributed by atoms with Crippen LogP contribution in [0.3, 0.4) is 0 Å². The summed E-state index contributed by atoms with van der Waals surface area (Å²) in [7, 11) is 0. The second-order valence-electron chi connectivity index (χ2n) is 5.02. The zero-order valence-electron chi connectivity index (χ0n) is 11.6. The summed E-state index contributed by atoms with van der Waals surface area (Å²) < 4.78 is 5.34. The smallest absolute Gasteiger partial charge is 0.226 e. The quantitative estimate of drug-likeness (QED) is 0.793. The molecule has 0 saturated carbocycles. The maximum absolute atomic E-state index is 12.0. The molecule has 0 aliphatic carbocycles. The van der Waals surface area contributed by atoms with Crippen molar-refractivity contribution in [2.75, 3.05) is 25.1 Å². The van der Waals surface area contributed by atoms with Crippen LogP contribution < -0.4 is 10.6 Å². The first-order chi connectivity index (χ1) is 10.3. The molecule has 1 unspecified atom stereocenters. The summed E-state index contributed by atoms with van der Waals surface area (Å²) in [6.45, 7) is 2.11. The highest BCUT2D eigenvalue weighted by Gasteiger charge is 2.16. The third-order valence-electron chi connectivity index (χ3n) is 3.41. The van der Waals surface area contributed by atoms with E-state index in [1.165, 1.54) is 0 Å². The summed E-state index contributed by atoms with van der Waals surface area (Å²) >= 11 is 0. The van der Waals surface area contributed by atoms with Gasteiger partial charge in [0.15, 0.2) is 0 Å². The van der Waals surface area contributed by atoms with Gasteiger partial charge >= 0.3 is 0 Å². The summed E-state index contributed by atoms with van der Waals surface area (Å²) in [5.41, 5.74) is 2.78. The van der Waals surface area contributed by atoms with Crippen LogP contribution in [0.15, 0.2) is 36.8 Å². The molecular weight excluding hydrogens is 268 g/mol. The predicted molar refractivity (Wildman–Crippen MR) is 79.9 cm³/mol. The Morgan fingerprint density at radius 3 is 2.90 bits per heavy atom. The van der Waals surface area contributed by atoms with Gasteiger partial charge in [0, 0.05) is 24.7 Å². The Morgan fingerprint density at radius 1 is 1.38 bits per heavy atom. The number of carbonyl (C=O) groups excluding carboxylic acids is 1. The number of anilines is 1.